The minimum absolute atomic E-state index is 0.00900. The van der Waals surface area contributed by atoms with Crippen LogP contribution in [-0.4, -0.2) is 17.9 Å². The number of alkyl halides is 3. The van der Waals surface area contributed by atoms with Gasteiger partial charge in [-0.2, -0.15) is 13.2 Å². The van der Waals surface area contributed by atoms with Gasteiger partial charge in [-0.3, -0.25) is 4.79 Å². The van der Waals surface area contributed by atoms with Crippen molar-refractivity contribution >= 4 is 21.8 Å². The van der Waals surface area contributed by atoms with Crippen LogP contribution < -0.4 is 0 Å². The summed E-state index contributed by atoms with van der Waals surface area (Å²) in [6.07, 6.45) is -2.75. The number of rotatable bonds is 4. The molecule has 3 rings (SSSR count). The van der Waals surface area contributed by atoms with Crippen LogP contribution in [0.5, 0.6) is 0 Å². The summed E-state index contributed by atoms with van der Waals surface area (Å²) in [4.78, 5) is 14.5. The van der Waals surface area contributed by atoms with Crippen molar-refractivity contribution in [1.29, 1.82) is 0 Å². The molecule has 2 aromatic carbocycles. The van der Waals surface area contributed by atoms with Gasteiger partial charge in [-0.05, 0) is 48.2 Å². The van der Waals surface area contributed by atoms with Crippen LogP contribution in [0.1, 0.15) is 29.5 Å². The van der Waals surface area contributed by atoms with Gasteiger partial charge in [0.1, 0.15) is 0 Å². The summed E-state index contributed by atoms with van der Waals surface area (Å²) in [6, 6.07) is 12.7. The lowest BCUT2D eigenvalue weighted by Gasteiger charge is -2.24. The van der Waals surface area contributed by atoms with Crippen molar-refractivity contribution in [3.05, 3.63) is 69.7 Å². The number of nitrogens with zero attached hydrogens (tertiary/aromatic N) is 1. The van der Waals surface area contributed by atoms with Crippen molar-refractivity contribution in [1.82, 2.24) is 4.90 Å². The van der Waals surface area contributed by atoms with E-state index in [1.54, 1.807) is 11.9 Å². The van der Waals surface area contributed by atoms with E-state index in [1.165, 1.54) is 12.1 Å². The number of hydrogen-bond donors (Lipinski definition) is 0. The normalized spacial score (nSPS) is 15.7. The van der Waals surface area contributed by atoms with Crippen molar-refractivity contribution in [2.24, 2.45) is 0 Å². The molecule has 0 bridgehead atoms. The summed E-state index contributed by atoms with van der Waals surface area (Å²) in [7, 11) is 1.69. The Bertz CT molecular complexity index is 765. The van der Waals surface area contributed by atoms with E-state index in [0.29, 0.717) is 5.56 Å². The van der Waals surface area contributed by atoms with E-state index < -0.39 is 17.2 Å². The molecular formula is C19H17BrF3NO. The lowest BCUT2D eigenvalue weighted by molar-refractivity contribution is -0.137. The fraction of sp³-hybridized carbons (Fsp3) is 0.316. The molecular weight excluding hydrogens is 395 g/mol. The highest BCUT2D eigenvalue weighted by Crippen LogP contribution is 2.49. The molecule has 1 amide bonds. The first-order chi connectivity index (χ1) is 11.7. The molecule has 0 radical (unpaired) electrons. The van der Waals surface area contributed by atoms with Crippen molar-refractivity contribution in [3.63, 3.8) is 0 Å². The molecule has 1 aliphatic carbocycles. The number of amides is 1. The third-order valence-electron chi connectivity index (χ3n) is 4.60. The van der Waals surface area contributed by atoms with Crippen LogP contribution in [-0.2, 0) is 22.9 Å². The molecule has 1 aliphatic rings. The number of likely N-dealkylation sites (N-methyl/N-ethyl adjacent to an activating group) is 1. The van der Waals surface area contributed by atoms with Crippen molar-refractivity contribution < 1.29 is 18.0 Å². The Kier molecular flexibility index (Phi) is 4.66. The minimum atomic E-state index is -4.35. The van der Waals surface area contributed by atoms with Gasteiger partial charge in [0.25, 0.3) is 0 Å². The van der Waals surface area contributed by atoms with Gasteiger partial charge in [-0.1, -0.05) is 40.2 Å². The molecule has 0 N–H and O–H groups in total. The molecule has 0 spiro atoms. The molecule has 1 fully saturated rings. The highest BCUT2D eigenvalue weighted by Gasteiger charge is 2.52. The predicted molar refractivity (Wildman–Crippen MR) is 93.0 cm³/mol. The summed E-state index contributed by atoms with van der Waals surface area (Å²) in [5, 5.41) is 0. The molecule has 2 nitrogen and oxygen atoms in total. The lowest BCUT2D eigenvalue weighted by atomic mass is 9.94. The fourth-order valence-corrected chi connectivity index (χ4v) is 3.29. The maximum atomic E-state index is 12.9. The first-order valence-electron chi connectivity index (χ1n) is 7.90. The lowest BCUT2D eigenvalue weighted by Crippen LogP contribution is -2.36. The zero-order chi connectivity index (χ0) is 18.2. The van der Waals surface area contributed by atoms with Gasteiger partial charge in [0.15, 0.2) is 0 Å². The van der Waals surface area contributed by atoms with Crippen LogP contribution in [0.4, 0.5) is 13.2 Å². The van der Waals surface area contributed by atoms with E-state index in [2.05, 4.69) is 15.9 Å². The summed E-state index contributed by atoms with van der Waals surface area (Å²) in [5.74, 6) is 0.00900. The van der Waals surface area contributed by atoms with Gasteiger partial charge in [0.05, 0.1) is 11.0 Å². The summed E-state index contributed by atoms with van der Waals surface area (Å²) in [6.45, 7) is 0.287. The smallest absolute Gasteiger partial charge is 0.341 e. The Hall–Kier alpha value is -1.82. The molecule has 2 aromatic rings. The van der Waals surface area contributed by atoms with Crippen LogP contribution in [0.15, 0.2) is 53.0 Å². The summed E-state index contributed by atoms with van der Waals surface area (Å²) < 4.78 is 38.8. The largest absolute Gasteiger partial charge is 0.416 e. The number of halogens is 4. The second-order valence-corrected chi connectivity index (χ2v) is 7.36. The summed E-state index contributed by atoms with van der Waals surface area (Å²) in [5.41, 5.74) is 0.496. The molecule has 0 saturated heterocycles. The SMILES string of the molecule is CN(Cc1ccc(C(F)(F)F)cc1)C(=O)C1(c2ccc(Br)cc2)CC1. The Morgan fingerprint density at radius 1 is 1.08 bits per heavy atom. The quantitative estimate of drug-likeness (QED) is 0.680. The highest BCUT2D eigenvalue weighted by molar-refractivity contribution is 9.10. The molecule has 0 aromatic heterocycles. The van der Waals surface area contributed by atoms with Crippen LogP contribution in [0.2, 0.25) is 0 Å². The summed E-state index contributed by atoms with van der Waals surface area (Å²) >= 11 is 3.39. The maximum absolute atomic E-state index is 12.9. The van der Waals surface area contributed by atoms with Crippen LogP contribution in [0.3, 0.4) is 0 Å². The molecule has 0 atom stereocenters. The zero-order valence-electron chi connectivity index (χ0n) is 13.6. The molecule has 25 heavy (non-hydrogen) atoms. The fourth-order valence-electron chi connectivity index (χ4n) is 3.03. The van der Waals surface area contributed by atoms with Gasteiger partial charge in [0.2, 0.25) is 5.91 Å². The third-order valence-corrected chi connectivity index (χ3v) is 5.13. The zero-order valence-corrected chi connectivity index (χ0v) is 15.2. The molecule has 1 saturated carbocycles. The van der Waals surface area contributed by atoms with Crippen LogP contribution in [0, 0.1) is 0 Å². The first kappa shape index (κ1) is 18.0. The van der Waals surface area contributed by atoms with Crippen molar-refractivity contribution in [3.8, 4) is 0 Å². The van der Waals surface area contributed by atoms with Crippen LogP contribution >= 0.6 is 15.9 Å². The van der Waals surface area contributed by atoms with E-state index in [0.717, 1.165) is 35.0 Å². The van der Waals surface area contributed by atoms with Gasteiger partial charge in [-0.15, -0.1) is 0 Å². The predicted octanol–water partition coefficient (Wildman–Crippen LogP) is 5.16. The number of carbonyl (C=O) groups excluding carboxylic acids is 1. The van der Waals surface area contributed by atoms with Gasteiger partial charge >= 0.3 is 6.18 Å². The standard InChI is InChI=1S/C19H17BrF3NO/c1-24(12-13-2-4-15(5-3-13)19(21,22)23)17(25)18(10-11-18)14-6-8-16(20)9-7-14/h2-9H,10-12H2,1H3. The Morgan fingerprint density at radius 2 is 1.64 bits per heavy atom. The average molecular weight is 412 g/mol. The number of carbonyl (C=O) groups is 1. The molecule has 6 heteroatoms. The van der Waals surface area contributed by atoms with Crippen LogP contribution in [0.25, 0.3) is 0 Å². The highest BCUT2D eigenvalue weighted by atomic mass is 79.9. The van der Waals surface area contributed by atoms with Gasteiger partial charge < -0.3 is 4.90 Å². The van der Waals surface area contributed by atoms with E-state index in [4.69, 9.17) is 0 Å². The Labute approximate surface area is 152 Å². The van der Waals surface area contributed by atoms with E-state index >= 15 is 0 Å². The first-order valence-corrected chi connectivity index (χ1v) is 8.69. The molecule has 0 unspecified atom stereocenters. The molecule has 132 valence electrons. The number of benzene rings is 2. The minimum Gasteiger partial charge on any atom is -0.341 e. The second-order valence-electron chi connectivity index (χ2n) is 6.44. The van der Waals surface area contributed by atoms with Crippen molar-refractivity contribution in [2.45, 2.75) is 31.0 Å². The molecule has 0 aliphatic heterocycles. The third kappa shape index (κ3) is 3.73. The molecule has 0 heterocycles. The number of hydrogen-bond acceptors (Lipinski definition) is 1. The second kappa shape index (κ2) is 6.48. The monoisotopic (exact) mass is 411 g/mol. The van der Waals surface area contributed by atoms with E-state index in [1.807, 2.05) is 24.3 Å². The maximum Gasteiger partial charge on any atom is 0.416 e. The Morgan fingerprint density at radius 3 is 2.12 bits per heavy atom. The van der Waals surface area contributed by atoms with E-state index in [-0.39, 0.29) is 12.5 Å². The van der Waals surface area contributed by atoms with Gasteiger partial charge in [-0.25, -0.2) is 0 Å². The average Bonchev–Trinajstić information content (AvgIpc) is 3.36. The topological polar surface area (TPSA) is 20.3 Å². The Balaban J connectivity index is 1.72. The van der Waals surface area contributed by atoms with Crippen molar-refractivity contribution in [2.75, 3.05) is 7.05 Å². The van der Waals surface area contributed by atoms with Gasteiger partial charge in [0, 0.05) is 18.1 Å². The van der Waals surface area contributed by atoms with E-state index in [9.17, 15) is 18.0 Å².